The molecule has 0 unspecified atom stereocenters. The molecule has 41 heavy (non-hydrogen) atoms. The number of anilines is 2. The van der Waals surface area contributed by atoms with Gasteiger partial charge in [0.1, 0.15) is 12.1 Å². The SMILES string of the molecule is CC[C@H](C)[C@H](NC(=O)Cc1ccc(N)cc1)C(=O)NCC(=O)N1c2ccccc2C[C@H]1C(=O)NCc1nn[nH]n1.Cl. The van der Waals surface area contributed by atoms with Crippen LogP contribution in [0.5, 0.6) is 0 Å². The lowest BCUT2D eigenvalue weighted by atomic mass is 9.98. The Bertz CT molecular complexity index is 1350. The number of amides is 4. The van der Waals surface area contributed by atoms with Gasteiger partial charge in [-0.3, -0.25) is 24.1 Å². The van der Waals surface area contributed by atoms with Crippen LogP contribution in [-0.4, -0.2) is 62.9 Å². The first-order chi connectivity index (χ1) is 19.3. The Morgan fingerprint density at radius 3 is 2.51 bits per heavy atom. The normalized spacial score (nSPS) is 15.2. The number of nitrogens with two attached hydrogens (primary N) is 1. The van der Waals surface area contributed by atoms with Crippen LogP contribution in [0.1, 0.15) is 37.2 Å². The zero-order valence-electron chi connectivity index (χ0n) is 22.8. The topological polar surface area (TPSA) is 188 Å². The molecule has 0 bridgehead atoms. The lowest BCUT2D eigenvalue weighted by molar-refractivity contribution is -0.131. The van der Waals surface area contributed by atoms with Gasteiger partial charge in [-0.2, -0.15) is 5.21 Å². The van der Waals surface area contributed by atoms with Crippen molar-refractivity contribution in [2.45, 2.75) is 51.7 Å². The van der Waals surface area contributed by atoms with E-state index in [0.29, 0.717) is 30.0 Å². The molecule has 1 aromatic heterocycles. The first-order valence-corrected chi connectivity index (χ1v) is 13.1. The number of halogens is 1. The molecule has 6 N–H and O–H groups in total. The van der Waals surface area contributed by atoms with E-state index >= 15 is 0 Å². The fourth-order valence-electron chi connectivity index (χ4n) is 4.55. The van der Waals surface area contributed by atoms with Gasteiger partial charge in [-0.25, -0.2) is 0 Å². The average Bonchev–Trinajstić information content (AvgIpc) is 3.62. The van der Waals surface area contributed by atoms with E-state index in [2.05, 4.69) is 36.6 Å². The minimum atomic E-state index is -0.834. The minimum absolute atomic E-state index is 0. The third-order valence-corrected chi connectivity index (χ3v) is 6.93. The predicted octanol–water partition coefficient (Wildman–Crippen LogP) is 0.668. The predicted molar refractivity (Wildman–Crippen MR) is 154 cm³/mol. The first kappa shape index (κ1) is 31.0. The van der Waals surface area contributed by atoms with Crippen molar-refractivity contribution < 1.29 is 19.2 Å². The van der Waals surface area contributed by atoms with Gasteiger partial charge in [-0.05, 0) is 35.2 Å². The quantitative estimate of drug-likeness (QED) is 0.204. The summed E-state index contributed by atoms with van der Waals surface area (Å²) in [7, 11) is 0. The van der Waals surface area contributed by atoms with Gasteiger partial charge >= 0.3 is 0 Å². The maximum Gasteiger partial charge on any atom is 0.247 e. The summed E-state index contributed by atoms with van der Waals surface area (Å²) in [6.45, 7) is 3.48. The standard InChI is InChI=1S/C27H33N9O4.ClH/c1-3-16(2)25(31-23(37)12-17-8-10-19(28)11-9-17)27(40)30-15-24(38)36-20-7-5-4-6-18(20)13-21(36)26(39)29-14-22-32-34-35-33-22;/h4-11,16,21,25H,3,12-15,28H2,1-2H3,(H,29,39)(H,30,40)(H,31,37)(H,32,33,34,35);1H/t16-,21-,25-;/m0./s1. The highest BCUT2D eigenvalue weighted by Gasteiger charge is 2.38. The molecule has 1 aliphatic heterocycles. The lowest BCUT2D eigenvalue weighted by Gasteiger charge is -2.27. The molecule has 4 rings (SSSR count). The number of nitrogens with zero attached hydrogens (tertiary/aromatic N) is 4. The Morgan fingerprint density at radius 1 is 1.10 bits per heavy atom. The molecular formula is C27H34ClN9O4. The summed E-state index contributed by atoms with van der Waals surface area (Å²) in [5.41, 5.74) is 8.52. The zero-order valence-corrected chi connectivity index (χ0v) is 23.6. The molecule has 2 aromatic carbocycles. The number of nitrogens with one attached hydrogen (secondary N) is 4. The fraction of sp³-hybridized carbons (Fsp3) is 0.370. The highest BCUT2D eigenvalue weighted by molar-refractivity contribution is 6.05. The molecule has 0 saturated carbocycles. The number of carbonyl (C=O) groups excluding carboxylic acids is 4. The van der Waals surface area contributed by atoms with Gasteiger partial charge in [0.05, 0.1) is 19.5 Å². The number of tetrazole rings is 1. The third-order valence-electron chi connectivity index (χ3n) is 6.93. The Hall–Kier alpha value is -4.52. The van der Waals surface area contributed by atoms with Gasteiger partial charge in [0, 0.05) is 17.8 Å². The first-order valence-electron chi connectivity index (χ1n) is 13.1. The molecule has 2 heterocycles. The number of aromatic amines is 1. The van der Waals surface area contributed by atoms with Crippen molar-refractivity contribution >= 4 is 47.4 Å². The molecule has 0 aliphatic carbocycles. The summed E-state index contributed by atoms with van der Waals surface area (Å²) in [6.07, 6.45) is 1.05. The summed E-state index contributed by atoms with van der Waals surface area (Å²) < 4.78 is 0. The monoisotopic (exact) mass is 583 g/mol. The molecule has 3 atom stereocenters. The number of hydrogen-bond donors (Lipinski definition) is 5. The summed E-state index contributed by atoms with van der Waals surface area (Å²) in [5.74, 6) is -1.49. The van der Waals surface area contributed by atoms with Crippen LogP contribution in [0.4, 0.5) is 11.4 Å². The molecule has 218 valence electrons. The van der Waals surface area contributed by atoms with E-state index in [1.807, 2.05) is 26.0 Å². The molecule has 0 saturated heterocycles. The summed E-state index contributed by atoms with van der Waals surface area (Å²) in [4.78, 5) is 53.8. The molecule has 0 spiro atoms. The van der Waals surface area contributed by atoms with Crippen LogP contribution < -0.4 is 26.6 Å². The highest BCUT2D eigenvalue weighted by atomic mass is 35.5. The molecule has 4 amide bonds. The second kappa shape index (κ2) is 14.2. The van der Waals surface area contributed by atoms with Gasteiger partial charge in [0.25, 0.3) is 0 Å². The number of carbonyl (C=O) groups is 4. The van der Waals surface area contributed by atoms with Gasteiger partial charge in [-0.1, -0.05) is 55.8 Å². The Balaban J connectivity index is 0.00000462. The molecule has 0 fully saturated rings. The van der Waals surface area contributed by atoms with Crippen LogP contribution in [0.2, 0.25) is 0 Å². The number of para-hydroxylation sites is 1. The summed E-state index contributed by atoms with van der Waals surface area (Å²) in [6, 6.07) is 12.5. The van der Waals surface area contributed by atoms with Crippen molar-refractivity contribution in [2.24, 2.45) is 5.92 Å². The minimum Gasteiger partial charge on any atom is -0.399 e. The van der Waals surface area contributed by atoms with Crippen molar-refractivity contribution in [2.75, 3.05) is 17.2 Å². The number of aromatic nitrogens is 4. The number of H-pyrrole nitrogens is 1. The Labute approximate surface area is 243 Å². The maximum atomic E-state index is 13.4. The summed E-state index contributed by atoms with van der Waals surface area (Å²) in [5, 5.41) is 21.6. The van der Waals surface area contributed by atoms with E-state index in [-0.39, 0.29) is 49.6 Å². The number of benzene rings is 2. The molecule has 0 radical (unpaired) electrons. The van der Waals surface area contributed by atoms with Crippen molar-refractivity contribution in [3.05, 3.63) is 65.5 Å². The average molecular weight is 584 g/mol. The second-order valence-electron chi connectivity index (χ2n) is 9.73. The number of nitrogen functional groups attached to an aromatic ring is 1. The van der Waals surface area contributed by atoms with Crippen molar-refractivity contribution in [1.82, 2.24) is 36.6 Å². The number of fused-ring (bicyclic) bond motifs is 1. The smallest absolute Gasteiger partial charge is 0.247 e. The van der Waals surface area contributed by atoms with Crippen LogP contribution in [0, 0.1) is 5.92 Å². The van der Waals surface area contributed by atoms with Gasteiger partial charge < -0.3 is 21.7 Å². The van der Waals surface area contributed by atoms with Crippen LogP contribution in [0.15, 0.2) is 48.5 Å². The van der Waals surface area contributed by atoms with Gasteiger partial charge in [0.2, 0.25) is 23.6 Å². The van der Waals surface area contributed by atoms with E-state index in [4.69, 9.17) is 5.73 Å². The molecule has 3 aromatic rings. The van der Waals surface area contributed by atoms with Crippen molar-refractivity contribution in [3.63, 3.8) is 0 Å². The van der Waals surface area contributed by atoms with E-state index in [1.54, 1.807) is 36.4 Å². The van der Waals surface area contributed by atoms with Crippen LogP contribution >= 0.6 is 12.4 Å². The second-order valence-corrected chi connectivity index (χ2v) is 9.73. The Morgan fingerprint density at radius 2 is 1.83 bits per heavy atom. The van der Waals surface area contributed by atoms with E-state index < -0.39 is 23.9 Å². The van der Waals surface area contributed by atoms with Crippen LogP contribution in [-0.2, 0) is 38.6 Å². The van der Waals surface area contributed by atoms with E-state index in [9.17, 15) is 19.2 Å². The molecular weight excluding hydrogens is 550 g/mol. The van der Waals surface area contributed by atoms with Crippen molar-refractivity contribution in [1.29, 1.82) is 0 Å². The maximum absolute atomic E-state index is 13.4. The van der Waals surface area contributed by atoms with Crippen molar-refractivity contribution in [3.8, 4) is 0 Å². The number of rotatable bonds is 11. The zero-order chi connectivity index (χ0) is 28.6. The largest absolute Gasteiger partial charge is 0.399 e. The van der Waals surface area contributed by atoms with Crippen LogP contribution in [0.25, 0.3) is 0 Å². The lowest BCUT2D eigenvalue weighted by Crippen LogP contribution is -2.54. The highest BCUT2D eigenvalue weighted by Crippen LogP contribution is 2.32. The van der Waals surface area contributed by atoms with Gasteiger partial charge in [0.15, 0.2) is 5.82 Å². The van der Waals surface area contributed by atoms with Crippen LogP contribution in [0.3, 0.4) is 0 Å². The fourth-order valence-corrected chi connectivity index (χ4v) is 4.55. The summed E-state index contributed by atoms with van der Waals surface area (Å²) >= 11 is 0. The van der Waals surface area contributed by atoms with E-state index in [1.165, 1.54) is 4.90 Å². The number of hydrogen-bond acceptors (Lipinski definition) is 8. The molecule has 14 heteroatoms. The molecule has 1 aliphatic rings. The van der Waals surface area contributed by atoms with E-state index in [0.717, 1.165) is 11.1 Å². The Kier molecular flexibility index (Phi) is 10.8. The van der Waals surface area contributed by atoms with Gasteiger partial charge in [-0.15, -0.1) is 22.6 Å². The molecule has 13 nitrogen and oxygen atoms in total. The third kappa shape index (κ3) is 7.78.